The van der Waals surface area contributed by atoms with E-state index in [9.17, 15) is 9.59 Å². The Balaban J connectivity index is 1.91. The first-order valence-corrected chi connectivity index (χ1v) is 7.75. The van der Waals surface area contributed by atoms with Crippen LogP contribution in [0.4, 0.5) is 5.69 Å². The third-order valence-corrected chi connectivity index (χ3v) is 4.36. The number of rotatable bonds is 2. The molecule has 6 heteroatoms. The van der Waals surface area contributed by atoms with Crippen molar-refractivity contribution >= 4 is 40.5 Å². The van der Waals surface area contributed by atoms with E-state index < -0.39 is 12.1 Å². The Morgan fingerprint density at radius 3 is 2.79 bits per heavy atom. The zero-order valence-corrected chi connectivity index (χ0v) is 13.1. The van der Waals surface area contributed by atoms with E-state index in [0.29, 0.717) is 27.6 Å². The summed E-state index contributed by atoms with van der Waals surface area (Å²) in [5.74, 6) is -0.844. The second-order valence-corrected chi connectivity index (χ2v) is 6.08. The van der Waals surface area contributed by atoms with Crippen LogP contribution in [-0.4, -0.2) is 17.0 Å². The number of aliphatic carboxylic acids is 1. The number of nitrogens with one attached hydrogen (secondary N) is 1. The van der Waals surface area contributed by atoms with Gasteiger partial charge >= 0.3 is 5.97 Å². The van der Waals surface area contributed by atoms with Crippen molar-refractivity contribution in [3.63, 3.8) is 0 Å². The van der Waals surface area contributed by atoms with Crippen molar-refractivity contribution in [2.45, 2.75) is 12.5 Å². The monoisotopic (exact) mass is 341 g/mol. The molecule has 1 atom stereocenters. The molecule has 1 amide bonds. The summed E-state index contributed by atoms with van der Waals surface area (Å²) in [6, 6.07) is 12.4. The standard InChI is InChI=1S/C18H12ClNO4/c19-9-5-6-13-12(7-9)16(18(23)20-13)17-11-4-2-1-3-10(11)14(24-17)8-15(21)22/h1-7,14H,8H2,(H,20,23)(H,21,22). The van der Waals surface area contributed by atoms with Crippen LogP contribution in [0.2, 0.25) is 5.02 Å². The second-order valence-electron chi connectivity index (χ2n) is 5.64. The third-order valence-electron chi connectivity index (χ3n) is 4.13. The molecule has 2 heterocycles. The van der Waals surface area contributed by atoms with Crippen molar-refractivity contribution in [2.24, 2.45) is 0 Å². The molecule has 4 rings (SSSR count). The van der Waals surface area contributed by atoms with Crippen LogP contribution in [0.1, 0.15) is 29.2 Å². The van der Waals surface area contributed by atoms with Gasteiger partial charge in [0.05, 0.1) is 12.0 Å². The number of halogens is 1. The molecule has 2 aromatic carbocycles. The minimum atomic E-state index is -0.958. The van der Waals surface area contributed by atoms with E-state index >= 15 is 0 Å². The van der Waals surface area contributed by atoms with Crippen LogP contribution < -0.4 is 5.32 Å². The molecular weight excluding hydrogens is 330 g/mol. The lowest BCUT2D eigenvalue weighted by Gasteiger charge is -2.10. The second kappa shape index (κ2) is 5.39. The van der Waals surface area contributed by atoms with Gasteiger partial charge in [-0.15, -0.1) is 0 Å². The Morgan fingerprint density at radius 2 is 2.00 bits per heavy atom. The number of carboxylic acid groups (broad SMARTS) is 1. The number of anilines is 1. The number of benzene rings is 2. The summed E-state index contributed by atoms with van der Waals surface area (Å²) in [6.07, 6.45) is -0.783. The van der Waals surface area contributed by atoms with Gasteiger partial charge in [-0.3, -0.25) is 9.59 Å². The van der Waals surface area contributed by atoms with Crippen molar-refractivity contribution < 1.29 is 19.4 Å². The average molecular weight is 342 g/mol. The first kappa shape index (κ1) is 14.8. The average Bonchev–Trinajstić information content (AvgIpc) is 3.04. The smallest absolute Gasteiger partial charge is 0.307 e. The van der Waals surface area contributed by atoms with E-state index in [1.54, 1.807) is 18.2 Å². The van der Waals surface area contributed by atoms with Crippen LogP contribution in [0.25, 0.3) is 11.3 Å². The quantitative estimate of drug-likeness (QED) is 0.816. The number of carbonyl (C=O) groups excluding carboxylic acids is 1. The topological polar surface area (TPSA) is 75.6 Å². The largest absolute Gasteiger partial charge is 0.484 e. The number of amides is 1. The summed E-state index contributed by atoms with van der Waals surface area (Å²) in [6.45, 7) is 0. The molecule has 0 saturated heterocycles. The van der Waals surface area contributed by atoms with Crippen LogP contribution in [0, 0.1) is 0 Å². The highest BCUT2D eigenvalue weighted by molar-refractivity contribution is 6.38. The molecular formula is C18H12ClNO4. The molecule has 2 N–H and O–H groups in total. The molecule has 2 aliphatic rings. The molecule has 1 unspecified atom stereocenters. The Hall–Kier alpha value is -2.79. The van der Waals surface area contributed by atoms with Crippen molar-refractivity contribution in [1.29, 1.82) is 0 Å². The van der Waals surface area contributed by atoms with Gasteiger partial charge in [0, 0.05) is 27.4 Å². The molecule has 0 aliphatic carbocycles. The number of hydrogen-bond acceptors (Lipinski definition) is 3. The molecule has 0 spiro atoms. The first-order valence-electron chi connectivity index (χ1n) is 7.38. The van der Waals surface area contributed by atoms with E-state index in [1.165, 1.54) is 0 Å². The Kier molecular flexibility index (Phi) is 3.32. The number of carboxylic acids is 1. The maximum absolute atomic E-state index is 12.5. The Bertz CT molecular complexity index is 919. The molecule has 2 aliphatic heterocycles. The minimum absolute atomic E-state index is 0.169. The molecule has 0 fully saturated rings. The maximum Gasteiger partial charge on any atom is 0.307 e. The molecule has 120 valence electrons. The third kappa shape index (κ3) is 2.25. The van der Waals surface area contributed by atoms with Gasteiger partial charge in [-0.1, -0.05) is 35.9 Å². The lowest BCUT2D eigenvalue weighted by Crippen LogP contribution is -2.07. The van der Waals surface area contributed by atoms with Crippen molar-refractivity contribution in [2.75, 3.05) is 5.32 Å². The number of carbonyl (C=O) groups is 2. The highest BCUT2D eigenvalue weighted by Crippen LogP contribution is 2.46. The van der Waals surface area contributed by atoms with E-state index in [-0.39, 0.29) is 12.3 Å². The molecule has 2 aromatic rings. The maximum atomic E-state index is 12.5. The molecule has 0 aromatic heterocycles. The Morgan fingerprint density at radius 1 is 1.21 bits per heavy atom. The van der Waals surface area contributed by atoms with Crippen molar-refractivity contribution in [3.05, 3.63) is 64.2 Å². The van der Waals surface area contributed by atoms with Gasteiger partial charge in [-0.2, -0.15) is 0 Å². The van der Waals surface area contributed by atoms with Crippen LogP contribution in [0.3, 0.4) is 0 Å². The molecule has 5 nitrogen and oxygen atoms in total. The number of fused-ring (bicyclic) bond motifs is 2. The van der Waals surface area contributed by atoms with Crippen LogP contribution >= 0.6 is 11.6 Å². The number of hydrogen-bond donors (Lipinski definition) is 2. The normalized spacial score (nSPS) is 21.0. The zero-order chi connectivity index (χ0) is 16.8. The van der Waals surface area contributed by atoms with Gasteiger partial charge in [0.2, 0.25) is 0 Å². The van der Waals surface area contributed by atoms with Crippen LogP contribution in [0.5, 0.6) is 0 Å². The van der Waals surface area contributed by atoms with Gasteiger partial charge < -0.3 is 15.2 Å². The summed E-state index contributed by atoms with van der Waals surface area (Å²) in [4.78, 5) is 23.6. The summed E-state index contributed by atoms with van der Waals surface area (Å²) in [7, 11) is 0. The van der Waals surface area contributed by atoms with E-state index in [4.69, 9.17) is 21.4 Å². The van der Waals surface area contributed by atoms with Crippen LogP contribution in [0.15, 0.2) is 42.5 Å². The summed E-state index contributed by atoms with van der Waals surface area (Å²) < 4.78 is 5.89. The molecule has 0 bridgehead atoms. The first-order chi connectivity index (χ1) is 11.5. The minimum Gasteiger partial charge on any atom is -0.484 e. The van der Waals surface area contributed by atoms with Gasteiger partial charge in [-0.25, -0.2) is 0 Å². The van der Waals surface area contributed by atoms with Gasteiger partial charge in [0.25, 0.3) is 5.91 Å². The fourth-order valence-corrected chi connectivity index (χ4v) is 3.29. The zero-order valence-electron chi connectivity index (χ0n) is 12.4. The van der Waals surface area contributed by atoms with Crippen LogP contribution in [-0.2, 0) is 14.3 Å². The van der Waals surface area contributed by atoms with Crippen molar-refractivity contribution in [1.82, 2.24) is 0 Å². The fraction of sp³-hybridized carbons (Fsp3) is 0.111. The molecule has 24 heavy (non-hydrogen) atoms. The van der Waals surface area contributed by atoms with E-state index in [2.05, 4.69) is 5.32 Å². The van der Waals surface area contributed by atoms with Gasteiger partial charge in [0.1, 0.15) is 11.9 Å². The Labute approximate surface area is 142 Å². The summed E-state index contributed by atoms with van der Waals surface area (Å²) in [5.41, 5.74) is 3.21. The van der Waals surface area contributed by atoms with E-state index in [0.717, 1.165) is 11.1 Å². The molecule has 0 radical (unpaired) electrons. The summed E-state index contributed by atoms with van der Waals surface area (Å²) in [5, 5.41) is 12.4. The lowest BCUT2D eigenvalue weighted by atomic mass is 9.98. The predicted molar refractivity (Wildman–Crippen MR) is 89.4 cm³/mol. The van der Waals surface area contributed by atoms with Gasteiger partial charge in [0.15, 0.2) is 0 Å². The lowest BCUT2D eigenvalue weighted by molar-refractivity contribution is -0.139. The summed E-state index contributed by atoms with van der Waals surface area (Å²) >= 11 is 6.06. The van der Waals surface area contributed by atoms with Gasteiger partial charge in [-0.05, 0) is 18.2 Å². The highest BCUT2D eigenvalue weighted by atomic mass is 35.5. The highest BCUT2D eigenvalue weighted by Gasteiger charge is 2.36. The SMILES string of the molecule is O=C(O)CC1OC(=C2C(=O)Nc3ccc(Cl)cc32)c2ccccc21. The predicted octanol–water partition coefficient (Wildman–Crippen LogP) is 3.71. The van der Waals surface area contributed by atoms with E-state index in [1.807, 2.05) is 24.3 Å². The number of ether oxygens (including phenoxy) is 1. The fourth-order valence-electron chi connectivity index (χ4n) is 3.12. The molecule has 0 saturated carbocycles. The van der Waals surface area contributed by atoms with Crippen molar-refractivity contribution in [3.8, 4) is 0 Å².